The molecule has 0 atom stereocenters. The molecule has 0 aromatic carbocycles. The van der Waals surface area contributed by atoms with Crippen molar-refractivity contribution in [2.24, 2.45) is 0 Å². The van der Waals surface area contributed by atoms with Gasteiger partial charge in [0.05, 0.1) is 0 Å². The molecule has 0 unspecified atom stereocenters. The van der Waals surface area contributed by atoms with E-state index in [9.17, 15) is 15.2 Å². The van der Waals surface area contributed by atoms with Crippen molar-refractivity contribution in [2.45, 2.75) is 0 Å². The summed E-state index contributed by atoms with van der Waals surface area (Å²) in [5, 5.41) is 0. The van der Waals surface area contributed by atoms with E-state index in [1.807, 2.05) is 0 Å². The topological polar surface area (TPSA) is 193 Å². The van der Waals surface area contributed by atoms with E-state index in [2.05, 4.69) is 2.84 Å². The number of hydrogen-bond donors (Lipinski definition) is 4. The van der Waals surface area contributed by atoms with Gasteiger partial charge in [-0.3, -0.25) is 0 Å². The summed E-state index contributed by atoms with van der Waals surface area (Å²) in [6, 6.07) is 0. The van der Waals surface area contributed by atoms with Crippen LogP contribution < -0.4 is 0 Å². The van der Waals surface area contributed by atoms with Crippen LogP contribution in [0.2, 0.25) is 0 Å². The summed E-state index contributed by atoms with van der Waals surface area (Å²) in [5.74, 6) is 0. The third-order valence-corrected chi connectivity index (χ3v) is 2.92. The molecule has 0 amide bonds. The molecular formula is H5Cr3NaO11. The first kappa shape index (κ1) is 21.5. The van der Waals surface area contributed by atoms with Gasteiger partial charge in [0.2, 0.25) is 0 Å². The molecule has 90 valence electrons. The first-order chi connectivity index (χ1) is 5.71. The summed E-state index contributed by atoms with van der Waals surface area (Å²) in [6.45, 7) is 0. The minimum atomic E-state index is -5.76. The molecule has 11 nitrogen and oxygen atoms in total. The maximum absolute atomic E-state index is 9.53. The molecule has 15 heteroatoms. The van der Waals surface area contributed by atoms with Crippen molar-refractivity contribution in [3.8, 4) is 0 Å². The van der Waals surface area contributed by atoms with Gasteiger partial charge in [0.1, 0.15) is 0 Å². The summed E-state index contributed by atoms with van der Waals surface area (Å²) < 4.78 is 88.1. The van der Waals surface area contributed by atoms with Crippen LogP contribution in [-0.2, 0) is 66.5 Å². The van der Waals surface area contributed by atoms with E-state index in [0.29, 0.717) is 0 Å². The van der Waals surface area contributed by atoms with Crippen LogP contribution in [0.4, 0.5) is 0 Å². The van der Waals surface area contributed by atoms with Gasteiger partial charge in [0, 0.05) is 0 Å². The zero-order chi connectivity index (χ0) is 12.2. The molecule has 0 aliphatic rings. The second-order valence-electron chi connectivity index (χ2n) is 1.37. The molecule has 0 saturated heterocycles. The summed E-state index contributed by atoms with van der Waals surface area (Å²) in [6.07, 6.45) is 0. The van der Waals surface area contributed by atoms with Crippen molar-refractivity contribution in [1.82, 2.24) is 0 Å². The fourth-order valence-electron chi connectivity index (χ4n) is 0.109. The predicted octanol–water partition coefficient (Wildman–Crippen LogP) is -3.67. The Morgan fingerprint density at radius 2 is 0.800 bits per heavy atom. The first-order valence-corrected chi connectivity index (χ1v) is 8.51. The van der Waals surface area contributed by atoms with Gasteiger partial charge in [-0.05, 0) is 0 Å². The summed E-state index contributed by atoms with van der Waals surface area (Å²) >= 11 is -16.8. The Bertz CT molecular complexity index is 408. The van der Waals surface area contributed by atoms with Gasteiger partial charge in [-0.25, -0.2) is 0 Å². The van der Waals surface area contributed by atoms with Gasteiger partial charge in [-0.2, -0.15) is 0 Å². The summed E-state index contributed by atoms with van der Waals surface area (Å²) in [7, 11) is 0. The van der Waals surface area contributed by atoms with Gasteiger partial charge >= 0.3 is 113 Å². The Balaban J connectivity index is -0.000000208. The molecule has 0 bridgehead atoms. The normalized spacial score (nSPS) is 12.0. The molecular weight excluding hydrogens is 355 g/mol. The van der Waals surface area contributed by atoms with E-state index in [1.54, 1.807) is 0 Å². The molecule has 0 aliphatic heterocycles. The number of hydrogen-bond acceptors (Lipinski definition) is 7. The van der Waals surface area contributed by atoms with Gasteiger partial charge < -0.3 is 0 Å². The fraction of sp³-hybridized carbons (Fsp3) is 0. The summed E-state index contributed by atoms with van der Waals surface area (Å²) in [4.78, 5) is 0. The molecule has 0 rings (SSSR count). The van der Waals surface area contributed by atoms with Crippen LogP contribution in [0.3, 0.4) is 0 Å². The van der Waals surface area contributed by atoms with Crippen LogP contribution in [0, 0.1) is 0 Å². The first-order valence-electron chi connectivity index (χ1n) is 2.06. The molecule has 0 fully saturated rings. The maximum atomic E-state index is 9.53. The van der Waals surface area contributed by atoms with Crippen molar-refractivity contribution in [1.29, 1.82) is 0 Å². The summed E-state index contributed by atoms with van der Waals surface area (Å²) in [5.41, 5.74) is 0. The van der Waals surface area contributed by atoms with E-state index < -0.39 is 40.8 Å². The average molecular weight is 360 g/mol. The van der Waals surface area contributed by atoms with Crippen molar-refractivity contribution in [2.75, 3.05) is 0 Å². The Morgan fingerprint density at radius 1 is 0.667 bits per heavy atom. The minimum absolute atomic E-state index is 0. The van der Waals surface area contributed by atoms with Crippen molar-refractivity contribution in [3.63, 3.8) is 0 Å². The molecule has 15 heavy (non-hydrogen) atoms. The van der Waals surface area contributed by atoms with Gasteiger partial charge in [0.15, 0.2) is 0 Å². The monoisotopic (exact) mass is 360 g/mol. The third-order valence-electron chi connectivity index (χ3n) is 0.172. The van der Waals surface area contributed by atoms with Crippen LogP contribution in [0.15, 0.2) is 0 Å². The second kappa shape index (κ2) is 7.51. The quantitative estimate of drug-likeness (QED) is 0.355. The van der Waals surface area contributed by atoms with E-state index >= 15 is 0 Å². The van der Waals surface area contributed by atoms with Crippen molar-refractivity contribution in [3.05, 3.63) is 0 Å². The number of rotatable bonds is 2. The van der Waals surface area contributed by atoms with E-state index in [0.717, 1.165) is 0 Å². The predicted molar refractivity (Wildman–Crippen MR) is 21.2 cm³/mol. The van der Waals surface area contributed by atoms with Gasteiger partial charge in [-0.15, -0.1) is 0 Å². The SMILES string of the molecule is [NaH].[O]=[Cr](=[O])([OH])[OH].[O]=[Cr](=[O])([OH])[O][Cr](=[O])(=[O])[OH]. The zero-order valence-electron chi connectivity index (χ0n) is 5.87. The van der Waals surface area contributed by atoms with E-state index in [4.69, 9.17) is 24.2 Å². The van der Waals surface area contributed by atoms with Crippen LogP contribution in [0.25, 0.3) is 0 Å². The zero-order valence-corrected chi connectivity index (χ0v) is 9.70. The Labute approximate surface area is 112 Å². The molecule has 4 N–H and O–H groups in total. The van der Waals surface area contributed by atoms with Gasteiger partial charge in [-0.1, -0.05) is 0 Å². The Morgan fingerprint density at radius 3 is 0.800 bits per heavy atom. The second-order valence-corrected chi connectivity index (χ2v) is 6.53. The van der Waals surface area contributed by atoms with Crippen LogP contribution >= 0.6 is 0 Å². The molecule has 0 radical (unpaired) electrons. The molecule has 0 spiro atoms. The van der Waals surface area contributed by atoms with Gasteiger partial charge in [0.25, 0.3) is 0 Å². The van der Waals surface area contributed by atoms with Crippen LogP contribution in [0.5, 0.6) is 0 Å². The average Bonchev–Trinajstić information content (AvgIpc) is 1.42. The standard InChI is InChI=1S/3Cr.Na.4H2O.7O.H/h;;;;4*1H2;;;;;;;;/q2*+1;+2;;;;;;;;;;;;;/p-4. The molecule has 0 saturated carbocycles. The molecule has 0 aliphatic carbocycles. The fourth-order valence-corrected chi connectivity index (χ4v) is 1.85. The van der Waals surface area contributed by atoms with Crippen molar-refractivity contribution < 1.29 is 83.1 Å². The van der Waals surface area contributed by atoms with Crippen LogP contribution in [-0.4, -0.2) is 46.2 Å². The van der Waals surface area contributed by atoms with Crippen LogP contribution in [0.1, 0.15) is 0 Å². The molecule has 0 aromatic rings. The molecule has 0 aromatic heterocycles. The third kappa shape index (κ3) is 51.1. The Hall–Kier alpha value is 1.20. The Kier molecular flexibility index (Phi) is 10.8. The van der Waals surface area contributed by atoms with Crippen molar-refractivity contribution >= 4 is 29.6 Å². The van der Waals surface area contributed by atoms with E-state index in [-0.39, 0.29) is 29.6 Å². The molecule has 0 heterocycles. The van der Waals surface area contributed by atoms with E-state index in [1.165, 1.54) is 0 Å².